The summed E-state index contributed by atoms with van der Waals surface area (Å²) < 4.78 is 1.88. The van der Waals surface area contributed by atoms with E-state index in [1.165, 1.54) is 6.33 Å². The van der Waals surface area contributed by atoms with Crippen LogP contribution < -0.4 is 5.73 Å². The molecule has 3 aromatic rings. The molecule has 2 N–H and O–H groups in total. The summed E-state index contributed by atoms with van der Waals surface area (Å²) in [4.78, 5) is 8.42. The number of rotatable bonds is 1. The van der Waals surface area contributed by atoms with Gasteiger partial charge in [-0.2, -0.15) is 5.10 Å². The Morgan fingerprint density at radius 1 is 1.16 bits per heavy atom. The number of nitrogen functional groups attached to an aromatic ring is 1. The maximum Gasteiger partial charge on any atom is 0.134 e. The molecule has 19 heavy (non-hydrogen) atoms. The number of nitrogens with zero attached hydrogens (tertiary/aromatic N) is 4. The molecule has 3 rings (SSSR count). The van der Waals surface area contributed by atoms with Crippen molar-refractivity contribution in [2.75, 3.05) is 5.73 Å². The van der Waals surface area contributed by atoms with Gasteiger partial charge in [-0.05, 0) is 19.9 Å². The van der Waals surface area contributed by atoms with Gasteiger partial charge in [0.25, 0.3) is 0 Å². The fourth-order valence-electron chi connectivity index (χ4n) is 2.47. The summed E-state index contributed by atoms with van der Waals surface area (Å²) in [5.41, 5.74) is 11.1. The van der Waals surface area contributed by atoms with Gasteiger partial charge in [-0.3, -0.25) is 4.68 Å². The zero-order chi connectivity index (χ0) is 13.6. The number of anilines is 1. The van der Waals surface area contributed by atoms with Gasteiger partial charge in [0.05, 0.1) is 11.2 Å². The molecule has 0 aliphatic heterocycles. The fraction of sp³-hybridized carbons (Fsp3) is 0.214. The molecule has 5 nitrogen and oxygen atoms in total. The molecule has 96 valence electrons. The zero-order valence-electron chi connectivity index (χ0n) is 11.2. The third-order valence-electron chi connectivity index (χ3n) is 3.47. The number of aryl methyl sites for hydroxylation is 2. The molecule has 0 aliphatic carbocycles. The van der Waals surface area contributed by atoms with Crippen LogP contribution in [0.3, 0.4) is 0 Å². The summed E-state index contributed by atoms with van der Waals surface area (Å²) in [7, 11) is 1.94. The lowest BCUT2D eigenvalue weighted by Gasteiger charge is -2.07. The van der Waals surface area contributed by atoms with E-state index < -0.39 is 0 Å². The molecule has 0 fully saturated rings. The van der Waals surface area contributed by atoms with Gasteiger partial charge in [-0.25, -0.2) is 9.97 Å². The van der Waals surface area contributed by atoms with E-state index in [-0.39, 0.29) is 0 Å². The molecule has 0 amide bonds. The van der Waals surface area contributed by atoms with Crippen LogP contribution in [0.1, 0.15) is 11.4 Å². The van der Waals surface area contributed by atoms with Crippen molar-refractivity contribution in [3.05, 3.63) is 35.9 Å². The average molecular weight is 253 g/mol. The van der Waals surface area contributed by atoms with E-state index in [0.29, 0.717) is 5.82 Å². The largest absolute Gasteiger partial charge is 0.383 e. The molecule has 0 radical (unpaired) electrons. The number of hydrogen-bond donors (Lipinski definition) is 1. The minimum absolute atomic E-state index is 0.506. The quantitative estimate of drug-likeness (QED) is 0.722. The highest BCUT2D eigenvalue weighted by Crippen LogP contribution is 2.32. The monoisotopic (exact) mass is 253 g/mol. The van der Waals surface area contributed by atoms with Crippen LogP contribution in [0.25, 0.3) is 22.0 Å². The van der Waals surface area contributed by atoms with Crippen molar-refractivity contribution in [2.45, 2.75) is 13.8 Å². The summed E-state index contributed by atoms with van der Waals surface area (Å²) in [6, 6.07) is 5.96. The smallest absolute Gasteiger partial charge is 0.134 e. The van der Waals surface area contributed by atoms with Crippen molar-refractivity contribution in [2.24, 2.45) is 7.05 Å². The highest BCUT2D eigenvalue weighted by atomic mass is 15.3. The highest BCUT2D eigenvalue weighted by Gasteiger charge is 2.15. The Hall–Kier alpha value is -2.43. The van der Waals surface area contributed by atoms with Crippen LogP contribution in [-0.2, 0) is 7.05 Å². The standard InChI is InChI=1S/C14H15N5/c1-8-12(9(2)19(3)18-8)10-5-4-6-11-13(10)16-7-17-14(11)15/h4-7H,1-3H3,(H2,15,16,17). The lowest BCUT2D eigenvalue weighted by Crippen LogP contribution is -1.95. The van der Waals surface area contributed by atoms with E-state index in [1.807, 2.05) is 36.9 Å². The number of nitrogens with two attached hydrogens (primary N) is 1. The lowest BCUT2D eigenvalue weighted by molar-refractivity contribution is 0.731. The second kappa shape index (κ2) is 4.05. The van der Waals surface area contributed by atoms with Crippen molar-refractivity contribution in [3.8, 4) is 11.1 Å². The van der Waals surface area contributed by atoms with Gasteiger partial charge in [0.2, 0.25) is 0 Å². The molecule has 0 saturated carbocycles. The Balaban J connectivity index is 2.40. The first-order valence-corrected chi connectivity index (χ1v) is 6.09. The molecule has 0 bridgehead atoms. The second-order valence-corrected chi connectivity index (χ2v) is 4.63. The maximum absolute atomic E-state index is 5.91. The fourth-order valence-corrected chi connectivity index (χ4v) is 2.47. The van der Waals surface area contributed by atoms with Gasteiger partial charge in [0, 0.05) is 29.3 Å². The van der Waals surface area contributed by atoms with Gasteiger partial charge in [0.1, 0.15) is 12.1 Å². The van der Waals surface area contributed by atoms with E-state index in [2.05, 4.69) is 22.0 Å². The maximum atomic E-state index is 5.91. The molecule has 0 atom stereocenters. The first kappa shape index (κ1) is 11.6. The van der Waals surface area contributed by atoms with Gasteiger partial charge >= 0.3 is 0 Å². The molecule has 1 aromatic carbocycles. The first-order valence-electron chi connectivity index (χ1n) is 6.09. The predicted molar refractivity (Wildman–Crippen MR) is 75.6 cm³/mol. The summed E-state index contributed by atoms with van der Waals surface area (Å²) >= 11 is 0. The molecule has 2 aromatic heterocycles. The van der Waals surface area contributed by atoms with Gasteiger partial charge in [-0.1, -0.05) is 12.1 Å². The van der Waals surface area contributed by atoms with Crippen molar-refractivity contribution in [1.82, 2.24) is 19.7 Å². The van der Waals surface area contributed by atoms with Crippen LogP contribution in [-0.4, -0.2) is 19.7 Å². The third-order valence-corrected chi connectivity index (χ3v) is 3.47. The minimum atomic E-state index is 0.506. The van der Waals surface area contributed by atoms with Crippen LogP contribution in [0.4, 0.5) is 5.82 Å². The molecule has 0 unspecified atom stereocenters. The van der Waals surface area contributed by atoms with Crippen molar-refractivity contribution < 1.29 is 0 Å². The average Bonchev–Trinajstić information content (AvgIpc) is 2.64. The molecule has 2 heterocycles. The SMILES string of the molecule is Cc1nn(C)c(C)c1-c1cccc2c(N)ncnc12. The van der Waals surface area contributed by atoms with Crippen LogP contribution in [0.5, 0.6) is 0 Å². The van der Waals surface area contributed by atoms with Crippen molar-refractivity contribution >= 4 is 16.7 Å². The van der Waals surface area contributed by atoms with E-state index in [1.54, 1.807) is 0 Å². The molecular weight excluding hydrogens is 238 g/mol. The van der Waals surface area contributed by atoms with Crippen LogP contribution in [0.2, 0.25) is 0 Å². The first-order chi connectivity index (χ1) is 9.09. The molecular formula is C14H15N5. The minimum Gasteiger partial charge on any atom is -0.383 e. The van der Waals surface area contributed by atoms with Crippen molar-refractivity contribution in [1.29, 1.82) is 0 Å². The van der Waals surface area contributed by atoms with E-state index >= 15 is 0 Å². The second-order valence-electron chi connectivity index (χ2n) is 4.63. The predicted octanol–water partition coefficient (Wildman–Crippen LogP) is 2.23. The normalized spacial score (nSPS) is 11.1. The highest BCUT2D eigenvalue weighted by molar-refractivity contribution is 5.99. The van der Waals surface area contributed by atoms with E-state index in [4.69, 9.17) is 5.73 Å². The number of aromatic nitrogens is 4. The summed E-state index contributed by atoms with van der Waals surface area (Å²) in [6.07, 6.45) is 1.50. The van der Waals surface area contributed by atoms with Crippen LogP contribution in [0.15, 0.2) is 24.5 Å². The number of para-hydroxylation sites is 1. The van der Waals surface area contributed by atoms with Gasteiger partial charge in [0.15, 0.2) is 0 Å². The lowest BCUT2D eigenvalue weighted by atomic mass is 10.0. The van der Waals surface area contributed by atoms with Crippen LogP contribution >= 0.6 is 0 Å². The number of benzene rings is 1. The summed E-state index contributed by atoms with van der Waals surface area (Å²) in [6.45, 7) is 4.06. The van der Waals surface area contributed by atoms with Gasteiger partial charge < -0.3 is 5.73 Å². The van der Waals surface area contributed by atoms with Crippen molar-refractivity contribution in [3.63, 3.8) is 0 Å². The van der Waals surface area contributed by atoms with Crippen LogP contribution in [0, 0.1) is 13.8 Å². The Labute approximate surface area is 111 Å². The summed E-state index contributed by atoms with van der Waals surface area (Å²) in [5.74, 6) is 0.506. The molecule has 0 saturated heterocycles. The third kappa shape index (κ3) is 1.66. The Morgan fingerprint density at radius 2 is 1.95 bits per heavy atom. The molecule has 0 spiro atoms. The van der Waals surface area contributed by atoms with Gasteiger partial charge in [-0.15, -0.1) is 0 Å². The van der Waals surface area contributed by atoms with E-state index in [0.717, 1.165) is 33.4 Å². The topological polar surface area (TPSA) is 69.6 Å². The Morgan fingerprint density at radius 3 is 2.63 bits per heavy atom. The Kier molecular flexibility index (Phi) is 2.48. The van der Waals surface area contributed by atoms with E-state index in [9.17, 15) is 0 Å². The molecule has 0 aliphatic rings. The number of hydrogen-bond acceptors (Lipinski definition) is 4. The Bertz CT molecular complexity index is 773. The summed E-state index contributed by atoms with van der Waals surface area (Å²) in [5, 5.41) is 5.34. The number of fused-ring (bicyclic) bond motifs is 1. The molecule has 5 heteroatoms. The zero-order valence-corrected chi connectivity index (χ0v) is 11.2.